The number of benzene rings is 1. The molecule has 0 aromatic heterocycles. The molecule has 2 N–H and O–H groups in total. The minimum atomic E-state index is -0.641. The number of nitrogens with zero attached hydrogens (tertiary/aromatic N) is 3. The average molecular weight is 347 g/mol. The van der Waals surface area contributed by atoms with E-state index < -0.39 is 11.8 Å². The summed E-state index contributed by atoms with van der Waals surface area (Å²) in [7, 11) is 2.04. The van der Waals surface area contributed by atoms with E-state index in [1.54, 1.807) is 5.01 Å². The van der Waals surface area contributed by atoms with Crippen LogP contribution in [0, 0.1) is 6.92 Å². The van der Waals surface area contributed by atoms with Crippen LogP contribution in [0.5, 0.6) is 0 Å². The molecule has 2 amide bonds. The number of carbonyl (C=O) groups is 2. The van der Waals surface area contributed by atoms with Gasteiger partial charge in [0.25, 0.3) is 0 Å². The molecule has 1 aliphatic heterocycles. The van der Waals surface area contributed by atoms with Crippen LogP contribution in [0.1, 0.15) is 19.4 Å². The highest BCUT2D eigenvalue weighted by atomic mass is 16.2. The Labute approximate surface area is 149 Å². The first-order chi connectivity index (χ1) is 11.9. The number of rotatable bonds is 5. The van der Waals surface area contributed by atoms with Crippen molar-refractivity contribution in [1.29, 1.82) is 0 Å². The summed E-state index contributed by atoms with van der Waals surface area (Å²) in [6.07, 6.45) is 0. The summed E-state index contributed by atoms with van der Waals surface area (Å²) in [5.74, 6) is -1.27. The zero-order chi connectivity index (χ0) is 18.4. The van der Waals surface area contributed by atoms with Crippen LogP contribution in [-0.2, 0) is 9.59 Å². The van der Waals surface area contributed by atoms with Crippen LogP contribution >= 0.6 is 0 Å². The summed E-state index contributed by atoms with van der Waals surface area (Å²) in [5, 5.41) is 4.49. The molecule has 0 atom stereocenters. The lowest BCUT2D eigenvalue weighted by Crippen LogP contribution is -2.54. The van der Waals surface area contributed by atoms with Crippen LogP contribution in [0.25, 0.3) is 0 Å². The Morgan fingerprint density at radius 2 is 1.72 bits per heavy atom. The molecule has 1 aromatic rings. The third kappa shape index (κ3) is 5.17. The fourth-order valence-electron chi connectivity index (χ4n) is 2.87. The third-order valence-corrected chi connectivity index (χ3v) is 4.56. The number of carbonyl (C=O) groups excluding carboxylic acids is 2. The largest absolute Gasteiger partial charge is 0.372 e. The fourth-order valence-corrected chi connectivity index (χ4v) is 2.87. The average Bonchev–Trinajstić information content (AvgIpc) is 2.60. The van der Waals surface area contributed by atoms with Gasteiger partial charge in [0.1, 0.15) is 0 Å². The highest BCUT2D eigenvalue weighted by molar-refractivity contribution is 6.39. The number of hydrogen-bond acceptors (Lipinski definition) is 5. The Morgan fingerprint density at radius 1 is 1.08 bits per heavy atom. The summed E-state index contributed by atoms with van der Waals surface area (Å²) in [4.78, 5) is 28.7. The minimum absolute atomic E-state index is 0.628. The second-order valence-corrected chi connectivity index (χ2v) is 6.36. The summed E-state index contributed by atoms with van der Waals surface area (Å²) in [6.45, 7) is 11.2. The van der Waals surface area contributed by atoms with Gasteiger partial charge in [-0.1, -0.05) is 0 Å². The third-order valence-electron chi connectivity index (χ3n) is 4.56. The van der Waals surface area contributed by atoms with Gasteiger partial charge in [0, 0.05) is 50.6 Å². The van der Waals surface area contributed by atoms with Crippen LogP contribution in [-0.4, -0.2) is 68.0 Å². The van der Waals surface area contributed by atoms with Crippen molar-refractivity contribution in [2.75, 3.05) is 56.5 Å². The van der Waals surface area contributed by atoms with Gasteiger partial charge in [-0.3, -0.25) is 15.0 Å². The zero-order valence-electron chi connectivity index (χ0n) is 15.6. The van der Waals surface area contributed by atoms with Gasteiger partial charge >= 0.3 is 11.8 Å². The number of anilines is 2. The van der Waals surface area contributed by atoms with E-state index in [2.05, 4.69) is 34.4 Å². The lowest BCUT2D eigenvalue weighted by atomic mass is 10.1. The molecule has 2 rings (SSSR count). The predicted octanol–water partition coefficient (Wildman–Crippen LogP) is 1.06. The van der Waals surface area contributed by atoms with Crippen molar-refractivity contribution < 1.29 is 9.59 Å². The molecular formula is C18H29N5O2. The predicted molar refractivity (Wildman–Crippen MR) is 101 cm³/mol. The maximum Gasteiger partial charge on any atom is 0.323 e. The molecule has 0 aliphatic carbocycles. The maximum absolute atomic E-state index is 12.2. The second kappa shape index (κ2) is 8.82. The van der Waals surface area contributed by atoms with Gasteiger partial charge in [-0.05, 0) is 51.6 Å². The highest BCUT2D eigenvalue weighted by Gasteiger charge is 2.20. The van der Waals surface area contributed by atoms with Crippen LogP contribution in [0.3, 0.4) is 0 Å². The van der Waals surface area contributed by atoms with Crippen LogP contribution in [0.15, 0.2) is 18.2 Å². The molecule has 25 heavy (non-hydrogen) atoms. The summed E-state index contributed by atoms with van der Waals surface area (Å²) in [6, 6.07) is 5.85. The van der Waals surface area contributed by atoms with Gasteiger partial charge in [-0.2, -0.15) is 0 Å². The monoisotopic (exact) mass is 347 g/mol. The van der Waals surface area contributed by atoms with E-state index in [0.29, 0.717) is 18.8 Å². The lowest BCUT2D eigenvalue weighted by molar-refractivity contribution is -0.139. The van der Waals surface area contributed by atoms with Crippen molar-refractivity contribution in [3.63, 3.8) is 0 Å². The van der Waals surface area contributed by atoms with E-state index in [1.807, 2.05) is 32.2 Å². The normalized spacial score (nSPS) is 15.7. The molecule has 0 bridgehead atoms. The minimum Gasteiger partial charge on any atom is -0.372 e. The Balaban J connectivity index is 1.94. The van der Waals surface area contributed by atoms with Crippen LogP contribution < -0.4 is 15.6 Å². The van der Waals surface area contributed by atoms with E-state index in [4.69, 9.17) is 0 Å². The number of piperazine rings is 1. The number of likely N-dealkylation sites (N-methyl/N-ethyl adjacent to an activating group) is 1. The van der Waals surface area contributed by atoms with Gasteiger partial charge in [-0.25, -0.2) is 5.01 Å². The second-order valence-electron chi connectivity index (χ2n) is 6.36. The van der Waals surface area contributed by atoms with Gasteiger partial charge in [0.15, 0.2) is 0 Å². The molecule has 0 spiro atoms. The van der Waals surface area contributed by atoms with Crippen LogP contribution in [0.4, 0.5) is 11.4 Å². The molecule has 0 unspecified atom stereocenters. The first kappa shape index (κ1) is 19.2. The molecule has 0 radical (unpaired) electrons. The van der Waals surface area contributed by atoms with E-state index >= 15 is 0 Å². The van der Waals surface area contributed by atoms with Crippen LogP contribution in [0.2, 0.25) is 0 Å². The van der Waals surface area contributed by atoms with Crippen molar-refractivity contribution in [2.45, 2.75) is 20.8 Å². The van der Waals surface area contributed by atoms with Gasteiger partial charge < -0.3 is 15.1 Å². The Bertz CT molecular complexity index is 607. The van der Waals surface area contributed by atoms with E-state index in [0.717, 1.165) is 37.4 Å². The summed E-state index contributed by atoms with van der Waals surface area (Å²) >= 11 is 0. The van der Waals surface area contributed by atoms with Gasteiger partial charge in [0.05, 0.1) is 0 Å². The van der Waals surface area contributed by atoms with E-state index in [-0.39, 0.29) is 0 Å². The molecule has 7 heteroatoms. The smallest absolute Gasteiger partial charge is 0.323 e. The lowest BCUT2D eigenvalue weighted by Gasteiger charge is -2.32. The molecule has 7 nitrogen and oxygen atoms in total. The molecule has 1 fully saturated rings. The zero-order valence-corrected chi connectivity index (χ0v) is 15.6. The Kier molecular flexibility index (Phi) is 6.78. The number of nitrogens with one attached hydrogen (secondary N) is 2. The van der Waals surface area contributed by atoms with Crippen molar-refractivity contribution in [3.8, 4) is 0 Å². The number of amides is 2. The molecule has 1 aromatic carbocycles. The Morgan fingerprint density at radius 3 is 2.28 bits per heavy atom. The number of hydrazine groups is 1. The SMILES string of the molecule is CCN(CC)c1ccc(NC(=O)C(=O)NN2CCN(C)CC2)c(C)c1. The molecular weight excluding hydrogens is 318 g/mol. The first-order valence-electron chi connectivity index (χ1n) is 8.85. The first-order valence-corrected chi connectivity index (χ1v) is 8.85. The topological polar surface area (TPSA) is 67.9 Å². The van der Waals surface area contributed by atoms with Crippen molar-refractivity contribution in [1.82, 2.24) is 15.3 Å². The molecule has 1 aliphatic rings. The molecule has 1 saturated heterocycles. The highest BCUT2D eigenvalue weighted by Crippen LogP contribution is 2.22. The fraction of sp³-hybridized carbons (Fsp3) is 0.556. The number of aryl methyl sites for hydroxylation is 1. The summed E-state index contributed by atoms with van der Waals surface area (Å²) in [5.41, 5.74) is 5.38. The quantitative estimate of drug-likeness (QED) is 0.780. The molecule has 138 valence electrons. The summed E-state index contributed by atoms with van der Waals surface area (Å²) < 4.78 is 0. The Hall–Kier alpha value is -2.12. The maximum atomic E-state index is 12.2. The van der Waals surface area contributed by atoms with Crippen molar-refractivity contribution in [3.05, 3.63) is 23.8 Å². The van der Waals surface area contributed by atoms with E-state index in [1.165, 1.54) is 0 Å². The molecule has 0 saturated carbocycles. The number of hydrogen-bond donors (Lipinski definition) is 2. The molecule has 1 heterocycles. The standard InChI is InChI=1S/C18H29N5O2/c1-5-22(6-2)15-7-8-16(14(3)13-15)19-17(24)18(25)20-23-11-9-21(4)10-12-23/h7-8,13H,5-6,9-12H2,1-4H3,(H,19,24)(H,20,25). The van der Waals surface area contributed by atoms with Gasteiger partial charge in [0.2, 0.25) is 0 Å². The van der Waals surface area contributed by atoms with Gasteiger partial charge in [-0.15, -0.1) is 0 Å². The van der Waals surface area contributed by atoms with Crippen molar-refractivity contribution in [2.24, 2.45) is 0 Å². The van der Waals surface area contributed by atoms with Crippen molar-refractivity contribution >= 4 is 23.2 Å². The van der Waals surface area contributed by atoms with E-state index in [9.17, 15) is 9.59 Å².